The maximum Gasteiger partial charge on any atom is 0.331 e. The molecule has 2 unspecified atom stereocenters. The Bertz CT molecular complexity index is 263. The number of nitrogens with zero attached hydrogens (tertiary/aromatic N) is 1. The van der Waals surface area contributed by atoms with Crippen LogP contribution in [0.3, 0.4) is 0 Å². The molecule has 84 valence electrons. The lowest BCUT2D eigenvalue weighted by molar-refractivity contribution is -0.134. The number of esters is 1. The monoisotopic (exact) mass is 211 g/mol. The Labute approximate surface area is 89.5 Å². The molecule has 2 atom stereocenters. The van der Waals surface area contributed by atoms with Gasteiger partial charge in [0.1, 0.15) is 0 Å². The minimum absolute atomic E-state index is 0.162. The van der Waals surface area contributed by atoms with Crippen molar-refractivity contribution in [3.63, 3.8) is 0 Å². The van der Waals surface area contributed by atoms with Crippen LogP contribution in [0.25, 0.3) is 0 Å². The summed E-state index contributed by atoms with van der Waals surface area (Å²) in [6.45, 7) is 0. The first-order valence-electron chi connectivity index (χ1n) is 5.42. The van der Waals surface area contributed by atoms with E-state index in [0.29, 0.717) is 12.1 Å². The van der Waals surface area contributed by atoms with Crippen molar-refractivity contribution in [3.05, 3.63) is 12.3 Å². The summed E-state index contributed by atoms with van der Waals surface area (Å²) in [6, 6.07) is 0.805. The van der Waals surface area contributed by atoms with Gasteiger partial charge in [0.15, 0.2) is 0 Å². The molecular weight excluding hydrogens is 194 g/mol. The molecule has 2 saturated heterocycles. The zero-order chi connectivity index (χ0) is 10.8. The Morgan fingerprint density at radius 2 is 2.00 bits per heavy atom. The SMILES string of the molecule is COC(=O)/C=C/N1C2CCC1CC(O)C2. The van der Waals surface area contributed by atoms with Crippen molar-refractivity contribution in [2.24, 2.45) is 0 Å². The Morgan fingerprint density at radius 1 is 1.40 bits per heavy atom. The first-order valence-corrected chi connectivity index (χ1v) is 5.42. The number of ether oxygens (including phenoxy) is 1. The summed E-state index contributed by atoms with van der Waals surface area (Å²) in [5, 5.41) is 9.59. The molecule has 1 N–H and O–H groups in total. The van der Waals surface area contributed by atoms with Crippen LogP contribution >= 0.6 is 0 Å². The molecule has 0 aliphatic carbocycles. The molecule has 2 heterocycles. The third kappa shape index (κ3) is 2.15. The van der Waals surface area contributed by atoms with E-state index in [-0.39, 0.29) is 12.1 Å². The highest BCUT2D eigenvalue weighted by atomic mass is 16.5. The predicted molar refractivity (Wildman–Crippen MR) is 55.0 cm³/mol. The van der Waals surface area contributed by atoms with Crippen LogP contribution in [0.15, 0.2) is 12.3 Å². The highest BCUT2D eigenvalue weighted by Crippen LogP contribution is 2.35. The molecule has 0 aromatic carbocycles. The molecule has 15 heavy (non-hydrogen) atoms. The van der Waals surface area contributed by atoms with E-state index in [2.05, 4.69) is 9.64 Å². The summed E-state index contributed by atoms with van der Waals surface area (Å²) in [5.41, 5.74) is 0. The van der Waals surface area contributed by atoms with Gasteiger partial charge in [-0.1, -0.05) is 0 Å². The van der Waals surface area contributed by atoms with Gasteiger partial charge in [-0.25, -0.2) is 4.79 Å². The van der Waals surface area contributed by atoms with E-state index in [1.54, 1.807) is 0 Å². The van der Waals surface area contributed by atoms with Gasteiger partial charge in [-0.2, -0.15) is 0 Å². The minimum atomic E-state index is -0.319. The van der Waals surface area contributed by atoms with Crippen molar-refractivity contribution in [3.8, 4) is 0 Å². The number of hydrogen-bond acceptors (Lipinski definition) is 4. The Morgan fingerprint density at radius 3 is 2.53 bits per heavy atom. The van der Waals surface area contributed by atoms with Crippen molar-refractivity contribution in [2.75, 3.05) is 7.11 Å². The Kier molecular flexibility index (Phi) is 2.95. The van der Waals surface area contributed by atoms with Crippen molar-refractivity contribution in [2.45, 2.75) is 43.9 Å². The summed E-state index contributed by atoms with van der Waals surface area (Å²) < 4.78 is 4.55. The van der Waals surface area contributed by atoms with Crippen molar-refractivity contribution in [1.29, 1.82) is 0 Å². The van der Waals surface area contributed by atoms with Gasteiger partial charge >= 0.3 is 5.97 Å². The molecule has 0 amide bonds. The third-order valence-electron chi connectivity index (χ3n) is 3.35. The van der Waals surface area contributed by atoms with Gasteiger partial charge in [-0.05, 0) is 25.7 Å². The van der Waals surface area contributed by atoms with Gasteiger partial charge in [0.25, 0.3) is 0 Å². The smallest absolute Gasteiger partial charge is 0.331 e. The zero-order valence-electron chi connectivity index (χ0n) is 8.93. The van der Waals surface area contributed by atoms with E-state index in [9.17, 15) is 9.90 Å². The second-order valence-corrected chi connectivity index (χ2v) is 4.30. The van der Waals surface area contributed by atoms with Crippen molar-refractivity contribution in [1.82, 2.24) is 4.90 Å². The molecule has 0 aromatic heterocycles. The molecule has 4 nitrogen and oxygen atoms in total. The van der Waals surface area contributed by atoms with E-state index in [1.807, 2.05) is 6.20 Å². The number of aliphatic hydroxyl groups is 1. The van der Waals surface area contributed by atoms with Gasteiger partial charge < -0.3 is 14.7 Å². The summed E-state index contributed by atoms with van der Waals surface area (Å²) in [6.07, 6.45) is 7.00. The number of fused-ring (bicyclic) bond motifs is 2. The molecule has 0 spiro atoms. The second-order valence-electron chi connectivity index (χ2n) is 4.30. The first-order chi connectivity index (χ1) is 7.20. The van der Waals surface area contributed by atoms with Gasteiger partial charge in [-0.15, -0.1) is 0 Å². The van der Waals surface area contributed by atoms with Crippen LogP contribution in [-0.4, -0.2) is 41.3 Å². The third-order valence-corrected chi connectivity index (χ3v) is 3.35. The lowest BCUT2D eigenvalue weighted by Gasteiger charge is -2.36. The quantitative estimate of drug-likeness (QED) is 0.538. The van der Waals surface area contributed by atoms with Crippen molar-refractivity contribution < 1.29 is 14.6 Å². The van der Waals surface area contributed by atoms with Crippen LogP contribution in [0.1, 0.15) is 25.7 Å². The second kappa shape index (κ2) is 4.23. The molecule has 2 rings (SSSR count). The summed E-state index contributed by atoms with van der Waals surface area (Å²) >= 11 is 0. The van der Waals surface area contributed by atoms with Gasteiger partial charge in [0.2, 0.25) is 0 Å². The van der Waals surface area contributed by atoms with Crippen LogP contribution in [0.2, 0.25) is 0 Å². The molecule has 2 bridgehead atoms. The largest absolute Gasteiger partial charge is 0.466 e. The number of carbonyl (C=O) groups is 1. The fourth-order valence-corrected chi connectivity index (χ4v) is 2.64. The maximum absolute atomic E-state index is 11.0. The lowest BCUT2D eigenvalue weighted by atomic mass is 10.0. The maximum atomic E-state index is 11.0. The normalized spacial score (nSPS) is 34.8. The van der Waals surface area contributed by atoms with E-state index in [0.717, 1.165) is 25.7 Å². The van der Waals surface area contributed by atoms with Crippen molar-refractivity contribution >= 4 is 5.97 Å². The zero-order valence-corrected chi connectivity index (χ0v) is 8.93. The summed E-state index contributed by atoms with van der Waals surface area (Å²) in [5.74, 6) is -0.319. The van der Waals surface area contributed by atoms with Crippen LogP contribution in [0.5, 0.6) is 0 Å². The number of aliphatic hydroxyl groups excluding tert-OH is 1. The number of rotatable bonds is 2. The first kappa shape index (κ1) is 10.5. The van der Waals surface area contributed by atoms with E-state index < -0.39 is 0 Å². The van der Waals surface area contributed by atoms with Crippen LogP contribution < -0.4 is 0 Å². The predicted octanol–water partition coefficient (Wildman–Crippen LogP) is 0.661. The number of piperidine rings is 1. The van der Waals surface area contributed by atoms with E-state index in [1.165, 1.54) is 13.2 Å². The number of carbonyl (C=O) groups excluding carboxylic acids is 1. The number of hydrogen-bond donors (Lipinski definition) is 1. The molecule has 0 saturated carbocycles. The Hall–Kier alpha value is -1.03. The fourth-order valence-electron chi connectivity index (χ4n) is 2.64. The fraction of sp³-hybridized carbons (Fsp3) is 0.727. The van der Waals surface area contributed by atoms with Gasteiger partial charge in [0.05, 0.1) is 13.2 Å². The number of methoxy groups -OCH3 is 1. The molecule has 2 fully saturated rings. The van der Waals surface area contributed by atoms with Crippen LogP contribution in [0, 0.1) is 0 Å². The lowest BCUT2D eigenvalue weighted by Crippen LogP contribution is -2.41. The van der Waals surface area contributed by atoms with Gasteiger partial charge in [0, 0.05) is 24.4 Å². The minimum Gasteiger partial charge on any atom is -0.466 e. The van der Waals surface area contributed by atoms with Crippen LogP contribution in [-0.2, 0) is 9.53 Å². The van der Waals surface area contributed by atoms with E-state index >= 15 is 0 Å². The molecular formula is C11H17NO3. The highest BCUT2D eigenvalue weighted by Gasteiger charge is 2.38. The van der Waals surface area contributed by atoms with E-state index in [4.69, 9.17) is 0 Å². The molecule has 4 heteroatoms. The molecule has 2 aliphatic heterocycles. The summed E-state index contributed by atoms with van der Waals surface area (Å²) in [4.78, 5) is 13.2. The molecule has 0 radical (unpaired) electrons. The summed E-state index contributed by atoms with van der Waals surface area (Å²) in [7, 11) is 1.38. The van der Waals surface area contributed by atoms with Crippen LogP contribution in [0.4, 0.5) is 0 Å². The molecule has 2 aliphatic rings. The topological polar surface area (TPSA) is 49.8 Å². The highest BCUT2D eigenvalue weighted by molar-refractivity contribution is 5.81. The average Bonchev–Trinajstić information content (AvgIpc) is 2.46. The average molecular weight is 211 g/mol. The van der Waals surface area contributed by atoms with Gasteiger partial charge in [-0.3, -0.25) is 0 Å². The molecule has 0 aromatic rings. The Balaban J connectivity index is 1.99. The standard InChI is InChI=1S/C11H17NO3/c1-15-11(14)4-5-12-8-2-3-9(12)7-10(13)6-8/h4-5,8-10,13H,2-3,6-7H2,1H3/b5-4+.